The first-order valence-electron chi connectivity index (χ1n) is 9.93. The van der Waals surface area contributed by atoms with Gasteiger partial charge in [-0.3, -0.25) is 14.4 Å². The summed E-state index contributed by atoms with van der Waals surface area (Å²) in [4.78, 5) is 38.7. The van der Waals surface area contributed by atoms with Crippen molar-refractivity contribution in [2.45, 2.75) is 38.5 Å². The van der Waals surface area contributed by atoms with E-state index in [0.717, 1.165) is 12.8 Å². The molecular weight excluding hydrogens is 360 g/mol. The number of hydrogen-bond acceptors (Lipinski definition) is 4. The summed E-state index contributed by atoms with van der Waals surface area (Å²) < 4.78 is 5.64. The van der Waals surface area contributed by atoms with Crippen molar-refractivity contribution in [3.63, 3.8) is 0 Å². The largest absolute Gasteiger partial charge is 0.484 e. The maximum absolute atomic E-state index is 12.4. The predicted molar refractivity (Wildman–Crippen MR) is 103 cm³/mol. The number of carboxylic acids is 1. The Labute approximate surface area is 165 Å². The molecule has 1 N–H and O–H groups in total. The minimum Gasteiger partial charge on any atom is -0.484 e. The van der Waals surface area contributed by atoms with Crippen molar-refractivity contribution in [3.8, 4) is 5.75 Å². The van der Waals surface area contributed by atoms with Crippen LogP contribution in [0.3, 0.4) is 0 Å². The van der Waals surface area contributed by atoms with Gasteiger partial charge in [0, 0.05) is 20.1 Å². The third-order valence-corrected chi connectivity index (χ3v) is 5.68. The lowest BCUT2D eigenvalue weighted by Crippen LogP contribution is -2.46. The molecule has 2 amide bonds. The van der Waals surface area contributed by atoms with Crippen LogP contribution in [-0.2, 0) is 27.2 Å². The normalized spacial score (nSPS) is 17.0. The number of amides is 2. The zero-order valence-corrected chi connectivity index (χ0v) is 16.4. The number of ether oxygens (including phenoxy) is 1. The lowest BCUT2D eigenvalue weighted by Gasteiger charge is -2.31. The van der Waals surface area contributed by atoms with E-state index < -0.39 is 5.97 Å². The van der Waals surface area contributed by atoms with Crippen LogP contribution in [-0.4, -0.2) is 66.0 Å². The number of benzene rings is 1. The Hall–Kier alpha value is -2.57. The van der Waals surface area contributed by atoms with Crippen LogP contribution < -0.4 is 4.74 Å². The van der Waals surface area contributed by atoms with E-state index in [1.165, 1.54) is 28.9 Å². The van der Waals surface area contributed by atoms with Gasteiger partial charge in [0.25, 0.3) is 5.91 Å². The SMILES string of the molecule is CN(CC(=O)N1CCC(C(=O)O)CC1)C(=O)COc1ccc2c(c1)CCCC2. The minimum atomic E-state index is -0.807. The van der Waals surface area contributed by atoms with Gasteiger partial charge in [0.2, 0.25) is 5.91 Å². The molecule has 1 heterocycles. The van der Waals surface area contributed by atoms with Crippen LogP contribution in [0.1, 0.15) is 36.8 Å². The number of likely N-dealkylation sites (N-methyl/N-ethyl adjacent to an activating group) is 1. The van der Waals surface area contributed by atoms with Gasteiger partial charge in [0.1, 0.15) is 5.75 Å². The molecule has 7 nitrogen and oxygen atoms in total. The quantitative estimate of drug-likeness (QED) is 0.802. The maximum atomic E-state index is 12.4. The fraction of sp³-hybridized carbons (Fsp3) is 0.571. The Morgan fingerprint density at radius 2 is 1.82 bits per heavy atom. The molecule has 152 valence electrons. The lowest BCUT2D eigenvalue weighted by molar-refractivity contribution is -0.146. The maximum Gasteiger partial charge on any atom is 0.306 e. The second-order valence-electron chi connectivity index (χ2n) is 7.67. The van der Waals surface area contributed by atoms with E-state index in [1.807, 2.05) is 12.1 Å². The number of likely N-dealkylation sites (tertiary alicyclic amines) is 1. The lowest BCUT2D eigenvalue weighted by atomic mass is 9.92. The van der Waals surface area contributed by atoms with Crippen LogP contribution in [0.15, 0.2) is 18.2 Å². The first kappa shape index (κ1) is 20.2. The van der Waals surface area contributed by atoms with E-state index >= 15 is 0 Å². The van der Waals surface area contributed by atoms with Crippen molar-refractivity contribution >= 4 is 17.8 Å². The first-order valence-corrected chi connectivity index (χ1v) is 9.93. The molecule has 1 aliphatic carbocycles. The number of aryl methyl sites for hydroxylation is 2. The van der Waals surface area contributed by atoms with E-state index in [9.17, 15) is 14.4 Å². The number of carbonyl (C=O) groups excluding carboxylic acids is 2. The molecule has 28 heavy (non-hydrogen) atoms. The average Bonchev–Trinajstić information content (AvgIpc) is 2.71. The van der Waals surface area contributed by atoms with E-state index in [2.05, 4.69) is 6.07 Å². The molecule has 7 heteroatoms. The molecule has 0 aromatic heterocycles. The summed E-state index contributed by atoms with van der Waals surface area (Å²) in [5.41, 5.74) is 2.66. The van der Waals surface area contributed by atoms with Crippen molar-refractivity contribution < 1.29 is 24.2 Å². The van der Waals surface area contributed by atoms with E-state index in [1.54, 1.807) is 11.9 Å². The van der Waals surface area contributed by atoms with Gasteiger partial charge >= 0.3 is 5.97 Å². The highest BCUT2D eigenvalue weighted by Crippen LogP contribution is 2.25. The number of hydrogen-bond donors (Lipinski definition) is 1. The number of aliphatic carboxylic acids is 1. The number of carbonyl (C=O) groups is 3. The van der Waals surface area contributed by atoms with E-state index in [4.69, 9.17) is 9.84 Å². The molecule has 2 aliphatic rings. The topological polar surface area (TPSA) is 87.2 Å². The highest BCUT2D eigenvalue weighted by Gasteiger charge is 2.27. The summed E-state index contributed by atoms with van der Waals surface area (Å²) in [6.45, 7) is 0.709. The monoisotopic (exact) mass is 388 g/mol. The highest BCUT2D eigenvalue weighted by atomic mass is 16.5. The standard InChI is InChI=1S/C21H28N2O5/c1-22(13-19(24)23-10-8-16(9-11-23)21(26)27)20(25)14-28-18-7-6-15-4-2-3-5-17(15)12-18/h6-7,12,16H,2-5,8-11,13-14H2,1H3,(H,26,27). The number of carboxylic acid groups (broad SMARTS) is 1. The Morgan fingerprint density at radius 1 is 1.14 bits per heavy atom. The molecule has 1 aromatic carbocycles. The third kappa shape index (κ3) is 5.03. The minimum absolute atomic E-state index is 0.0237. The van der Waals surface area contributed by atoms with Crippen LogP contribution in [0, 0.1) is 5.92 Å². The Bertz CT molecular complexity index is 740. The van der Waals surface area contributed by atoms with Crippen molar-refractivity contribution in [1.82, 2.24) is 9.80 Å². The van der Waals surface area contributed by atoms with Gasteiger partial charge in [-0.25, -0.2) is 0 Å². The van der Waals surface area contributed by atoms with Crippen LogP contribution in [0.4, 0.5) is 0 Å². The molecule has 0 spiro atoms. The zero-order chi connectivity index (χ0) is 20.1. The molecule has 1 aromatic rings. The van der Waals surface area contributed by atoms with E-state index in [-0.39, 0.29) is 30.9 Å². The van der Waals surface area contributed by atoms with E-state index in [0.29, 0.717) is 31.7 Å². The molecule has 0 bridgehead atoms. The molecule has 1 saturated heterocycles. The number of rotatable bonds is 6. The Kier molecular flexibility index (Phi) is 6.54. The fourth-order valence-corrected chi connectivity index (χ4v) is 3.82. The van der Waals surface area contributed by atoms with Gasteiger partial charge in [-0.1, -0.05) is 6.07 Å². The van der Waals surface area contributed by atoms with Gasteiger partial charge in [-0.05, 0) is 61.8 Å². The second kappa shape index (κ2) is 9.08. The molecule has 0 radical (unpaired) electrons. The summed E-state index contributed by atoms with van der Waals surface area (Å²) in [5.74, 6) is -0.920. The molecule has 3 rings (SSSR count). The van der Waals surface area contributed by atoms with Gasteiger partial charge in [0.05, 0.1) is 12.5 Å². The smallest absolute Gasteiger partial charge is 0.306 e. The van der Waals surface area contributed by atoms with Crippen LogP contribution in [0.2, 0.25) is 0 Å². The molecule has 0 unspecified atom stereocenters. The van der Waals surface area contributed by atoms with Crippen molar-refractivity contribution in [2.24, 2.45) is 5.92 Å². The van der Waals surface area contributed by atoms with Crippen LogP contribution in [0.5, 0.6) is 5.75 Å². The van der Waals surface area contributed by atoms with Crippen molar-refractivity contribution in [2.75, 3.05) is 33.3 Å². The fourth-order valence-electron chi connectivity index (χ4n) is 3.82. The van der Waals surface area contributed by atoms with Crippen molar-refractivity contribution in [3.05, 3.63) is 29.3 Å². The summed E-state index contributed by atoms with van der Waals surface area (Å²) in [6, 6.07) is 5.98. The Morgan fingerprint density at radius 3 is 2.50 bits per heavy atom. The average molecular weight is 388 g/mol. The molecular formula is C21H28N2O5. The molecule has 1 fully saturated rings. The van der Waals surface area contributed by atoms with Gasteiger partial charge in [-0.2, -0.15) is 0 Å². The third-order valence-electron chi connectivity index (χ3n) is 5.68. The summed E-state index contributed by atoms with van der Waals surface area (Å²) in [5, 5.41) is 9.03. The summed E-state index contributed by atoms with van der Waals surface area (Å²) in [6.07, 6.45) is 5.47. The number of nitrogens with zero attached hydrogens (tertiary/aromatic N) is 2. The second-order valence-corrected chi connectivity index (χ2v) is 7.67. The highest BCUT2D eigenvalue weighted by molar-refractivity contribution is 5.85. The van der Waals surface area contributed by atoms with Crippen molar-refractivity contribution in [1.29, 1.82) is 0 Å². The first-order chi connectivity index (χ1) is 13.4. The molecule has 0 atom stereocenters. The predicted octanol–water partition coefficient (Wildman–Crippen LogP) is 1.73. The number of piperidine rings is 1. The van der Waals surface area contributed by atoms with Gasteiger partial charge < -0.3 is 19.6 Å². The zero-order valence-electron chi connectivity index (χ0n) is 16.4. The van der Waals surface area contributed by atoms with Crippen LogP contribution in [0.25, 0.3) is 0 Å². The number of fused-ring (bicyclic) bond motifs is 1. The molecule has 1 aliphatic heterocycles. The summed E-state index contributed by atoms with van der Waals surface area (Å²) in [7, 11) is 1.58. The Balaban J connectivity index is 1.44. The van der Waals surface area contributed by atoms with Gasteiger partial charge in [-0.15, -0.1) is 0 Å². The molecule has 0 saturated carbocycles. The van der Waals surface area contributed by atoms with Crippen LogP contribution >= 0.6 is 0 Å². The summed E-state index contributed by atoms with van der Waals surface area (Å²) >= 11 is 0. The van der Waals surface area contributed by atoms with Gasteiger partial charge in [0.15, 0.2) is 6.61 Å².